The molecule has 5 heteroatoms. The number of hydrogen-bond donors (Lipinski definition) is 1. The number of carbonyl (C=O) groups excluding carboxylic acids is 1. The molecule has 90 valence electrons. The summed E-state index contributed by atoms with van der Waals surface area (Å²) in [6.07, 6.45) is 6.07. The SMILES string of the molecule is COCCCNC(=O)c1ccn2cncc2c1. The molecule has 0 aliphatic heterocycles. The standard InChI is InChI=1S/C12H15N3O2/c1-17-6-2-4-14-12(16)10-3-5-15-9-13-8-11(15)7-10/h3,5,7-9H,2,4,6H2,1H3,(H,14,16). The van der Waals surface area contributed by atoms with Crippen LogP contribution >= 0.6 is 0 Å². The van der Waals surface area contributed by atoms with Crippen molar-refractivity contribution >= 4 is 11.4 Å². The largest absolute Gasteiger partial charge is 0.385 e. The number of ether oxygens (including phenoxy) is 1. The molecule has 0 aromatic carbocycles. The Labute approximate surface area is 99.4 Å². The van der Waals surface area contributed by atoms with Crippen molar-refractivity contribution in [2.45, 2.75) is 6.42 Å². The molecule has 2 heterocycles. The second kappa shape index (κ2) is 5.45. The molecule has 0 atom stereocenters. The average Bonchev–Trinajstić information content (AvgIpc) is 2.81. The van der Waals surface area contributed by atoms with Gasteiger partial charge in [-0.05, 0) is 18.6 Å². The summed E-state index contributed by atoms with van der Waals surface area (Å²) in [5.74, 6) is -0.0650. The van der Waals surface area contributed by atoms with Crippen molar-refractivity contribution in [2.24, 2.45) is 0 Å². The Hall–Kier alpha value is -1.88. The fraction of sp³-hybridized carbons (Fsp3) is 0.333. The lowest BCUT2D eigenvalue weighted by atomic mass is 10.2. The van der Waals surface area contributed by atoms with Crippen molar-refractivity contribution in [2.75, 3.05) is 20.3 Å². The van der Waals surface area contributed by atoms with E-state index in [1.54, 1.807) is 25.7 Å². The van der Waals surface area contributed by atoms with Crippen LogP contribution in [0.25, 0.3) is 5.52 Å². The lowest BCUT2D eigenvalue weighted by Crippen LogP contribution is -2.25. The van der Waals surface area contributed by atoms with E-state index < -0.39 is 0 Å². The summed E-state index contributed by atoms with van der Waals surface area (Å²) in [6, 6.07) is 3.60. The zero-order valence-corrected chi connectivity index (χ0v) is 9.72. The number of hydrogen-bond acceptors (Lipinski definition) is 3. The highest BCUT2D eigenvalue weighted by Crippen LogP contribution is 2.06. The number of carbonyl (C=O) groups is 1. The van der Waals surface area contributed by atoms with Crippen molar-refractivity contribution in [3.8, 4) is 0 Å². The van der Waals surface area contributed by atoms with E-state index in [0.717, 1.165) is 11.9 Å². The third-order valence-corrected chi connectivity index (χ3v) is 2.49. The van der Waals surface area contributed by atoms with Gasteiger partial charge in [0.1, 0.15) is 0 Å². The van der Waals surface area contributed by atoms with E-state index in [2.05, 4.69) is 10.3 Å². The number of fused-ring (bicyclic) bond motifs is 1. The van der Waals surface area contributed by atoms with Crippen molar-refractivity contribution < 1.29 is 9.53 Å². The Morgan fingerprint density at radius 1 is 1.59 bits per heavy atom. The lowest BCUT2D eigenvalue weighted by molar-refractivity contribution is 0.0948. The number of aromatic nitrogens is 2. The van der Waals surface area contributed by atoms with Crippen molar-refractivity contribution in [1.82, 2.24) is 14.7 Å². The topological polar surface area (TPSA) is 55.6 Å². The molecule has 0 saturated carbocycles. The van der Waals surface area contributed by atoms with Crippen LogP contribution in [0.3, 0.4) is 0 Å². The molecule has 0 saturated heterocycles. The Bertz CT molecular complexity index is 507. The smallest absolute Gasteiger partial charge is 0.251 e. The molecule has 2 rings (SSSR count). The summed E-state index contributed by atoms with van der Waals surface area (Å²) in [5.41, 5.74) is 1.56. The minimum absolute atomic E-state index is 0.0650. The second-order valence-electron chi connectivity index (χ2n) is 3.74. The van der Waals surface area contributed by atoms with E-state index >= 15 is 0 Å². The van der Waals surface area contributed by atoms with Crippen LogP contribution in [-0.2, 0) is 4.74 Å². The van der Waals surface area contributed by atoms with E-state index in [1.807, 2.05) is 16.7 Å². The highest BCUT2D eigenvalue weighted by molar-refractivity contribution is 5.95. The van der Waals surface area contributed by atoms with Crippen LogP contribution in [-0.4, -0.2) is 35.6 Å². The normalized spacial score (nSPS) is 10.6. The quantitative estimate of drug-likeness (QED) is 0.787. The van der Waals surface area contributed by atoms with Crippen molar-refractivity contribution in [1.29, 1.82) is 0 Å². The molecular weight excluding hydrogens is 218 g/mol. The van der Waals surface area contributed by atoms with Crippen LogP contribution in [0.2, 0.25) is 0 Å². The molecule has 0 aliphatic rings. The van der Waals surface area contributed by atoms with Crippen LogP contribution in [0.4, 0.5) is 0 Å². The van der Waals surface area contributed by atoms with Crippen LogP contribution in [0.5, 0.6) is 0 Å². The van der Waals surface area contributed by atoms with Gasteiger partial charge >= 0.3 is 0 Å². The first-order chi connectivity index (χ1) is 8.31. The average molecular weight is 233 g/mol. The van der Waals surface area contributed by atoms with Gasteiger partial charge in [-0.15, -0.1) is 0 Å². The van der Waals surface area contributed by atoms with Crippen LogP contribution in [0, 0.1) is 0 Å². The number of nitrogens with one attached hydrogen (secondary N) is 1. The summed E-state index contributed by atoms with van der Waals surface area (Å²) in [6.45, 7) is 1.28. The molecule has 17 heavy (non-hydrogen) atoms. The van der Waals surface area contributed by atoms with Crippen LogP contribution in [0.1, 0.15) is 16.8 Å². The maximum absolute atomic E-state index is 11.8. The van der Waals surface area contributed by atoms with Gasteiger partial charge in [0.15, 0.2) is 0 Å². The molecule has 0 radical (unpaired) electrons. The highest BCUT2D eigenvalue weighted by atomic mass is 16.5. The van der Waals surface area contributed by atoms with Crippen molar-refractivity contribution in [3.63, 3.8) is 0 Å². The van der Waals surface area contributed by atoms with Gasteiger partial charge in [-0.3, -0.25) is 4.79 Å². The Kier molecular flexibility index (Phi) is 3.72. The minimum atomic E-state index is -0.0650. The Morgan fingerprint density at radius 3 is 3.29 bits per heavy atom. The molecule has 0 spiro atoms. The van der Waals surface area contributed by atoms with E-state index in [0.29, 0.717) is 18.7 Å². The number of methoxy groups -OCH3 is 1. The third-order valence-electron chi connectivity index (χ3n) is 2.49. The van der Waals surface area contributed by atoms with Crippen molar-refractivity contribution in [3.05, 3.63) is 36.4 Å². The summed E-state index contributed by atoms with van der Waals surface area (Å²) in [4.78, 5) is 15.8. The molecular formula is C12H15N3O2. The van der Waals surface area contributed by atoms with Gasteiger partial charge in [0.05, 0.1) is 18.0 Å². The van der Waals surface area contributed by atoms with Gasteiger partial charge < -0.3 is 14.5 Å². The van der Waals surface area contributed by atoms with Gasteiger partial charge in [-0.25, -0.2) is 4.98 Å². The van der Waals surface area contributed by atoms with E-state index in [-0.39, 0.29) is 5.91 Å². The monoisotopic (exact) mass is 233 g/mol. The van der Waals surface area contributed by atoms with Gasteiger partial charge in [-0.1, -0.05) is 0 Å². The summed E-state index contributed by atoms with van der Waals surface area (Å²) < 4.78 is 6.78. The summed E-state index contributed by atoms with van der Waals surface area (Å²) >= 11 is 0. The first-order valence-electron chi connectivity index (χ1n) is 5.50. The van der Waals surface area contributed by atoms with Gasteiger partial charge in [0.2, 0.25) is 0 Å². The first kappa shape index (κ1) is 11.6. The van der Waals surface area contributed by atoms with E-state index in [4.69, 9.17) is 4.74 Å². The minimum Gasteiger partial charge on any atom is -0.385 e. The predicted octanol–water partition coefficient (Wildman–Crippen LogP) is 1.10. The third kappa shape index (κ3) is 2.82. The molecule has 0 fully saturated rings. The number of imidazole rings is 1. The lowest BCUT2D eigenvalue weighted by Gasteiger charge is -2.05. The number of nitrogens with zero attached hydrogens (tertiary/aromatic N) is 2. The molecule has 2 aromatic rings. The van der Waals surface area contributed by atoms with Crippen LogP contribution < -0.4 is 5.32 Å². The number of amides is 1. The molecule has 1 N–H and O–H groups in total. The zero-order valence-electron chi connectivity index (χ0n) is 9.72. The molecule has 0 unspecified atom stereocenters. The Morgan fingerprint density at radius 2 is 2.47 bits per heavy atom. The maximum Gasteiger partial charge on any atom is 0.251 e. The van der Waals surface area contributed by atoms with E-state index in [1.165, 1.54) is 0 Å². The summed E-state index contributed by atoms with van der Waals surface area (Å²) in [5, 5.41) is 2.84. The predicted molar refractivity (Wildman–Crippen MR) is 64.0 cm³/mol. The number of pyridine rings is 1. The second-order valence-corrected chi connectivity index (χ2v) is 3.74. The fourth-order valence-corrected chi connectivity index (χ4v) is 1.58. The van der Waals surface area contributed by atoms with Gasteiger partial charge in [0.25, 0.3) is 5.91 Å². The van der Waals surface area contributed by atoms with Gasteiger partial charge in [0, 0.05) is 32.0 Å². The molecule has 1 amide bonds. The van der Waals surface area contributed by atoms with E-state index in [9.17, 15) is 4.79 Å². The summed E-state index contributed by atoms with van der Waals surface area (Å²) in [7, 11) is 1.65. The zero-order chi connectivity index (χ0) is 12.1. The first-order valence-corrected chi connectivity index (χ1v) is 5.50. The molecule has 2 aromatic heterocycles. The van der Waals surface area contributed by atoms with Crippen LogP contribution in [0.15, 0.2) is 30.9 Å². The van der Waals surface area contributed by atoms with Gasteiger partial charge in [-0.2, -0.15) is 0 Å². The fourth-order valence-electron chi connectivity index (χ4n) is 1.58. The molecule has 0 aliphatic carbocycles. The molecule has 0 bridgehead atoms. The Balaban J connectivity index is 1.98. The molecule has 5 nitrogen and oxygen atoms in total. The number of rotatable bonds is 5. The highest BCUT2D eigenvalue weighted by Gasteiger charge is 2.05. The maximum atomic E-state index is 11.8.